The first kappa shape index (κ1) is 6.32. The summed E-state index contributed by atoms with van der Waals surface area (Å²) in [6.07, 6.45) is 0. The zero-order chi connectivity index (χ0) is 7.68. The highest BCUT2D eigenvalue weighted by atomic mass is 32.1. The topological polar surface area (TPSA) is 36.7 Å². The Morgan fingerprint density at radius 2 is 2.36 bits per heavy atom. The standard InChI is InChI=1S/C8H4N2S/c9-4-6-2-1-3-7-5-11-10-8(6)7/h1-3,5H. The Labute approximate surface area is 67.9 Å². The molecule has 3 heteroatoms. The summed E-state index contributed by atoms with van der Waals surface area (Å²) in [5.74, 6) is 0. The Morgan fingerprint density at radius 3 is 3.18 bits per heavy atom. The maximum Gasteiger partial charge on any atom is 0.102 e. The van der Waals surface area contributed by atoms with Gasteiger partial charge in [0.25, 0.3) is 0 Å². The molecule has 0 radical (unpaired) electrons. The van der Waals surface area contributed by atoms with Crippen molar-refractivity contribution in [1.29, 1.82) is 5.26 Å². The number of hydrogen-bond acceptors (Lipinski definition) is 3. The third-order valence-electron chi connectivity index (χ3n) is 1.51. The van der Waals surface area contributed by atoms with Crippen molar-refractivity contribution in [1.82, 2.24) is 4.37 Å². The highest BCUT2D eigenvalue weighted by molar-refractivity contribution is 7.04. The molecule has 0 N–H and O–H groups in total. The van der Waals surface area contributed by atoms with Crippen molar-refractivity contribution < 1.29 is 0 Å². The second kappa shape index (κ2) is 2.33. The minimum Gasteiger partial charge on any atom is -0.192 e. The minimum absolute atomic E-state index is 0.656. The van der Waals surface area contributed by atoms with E-state index >= 15 is 0 Å². The van der Waals surface area contributed by atoms with E-state index in [-0.39, 0.29) is 0 Å². The molecular weight excluding hydrogens is 156 g/mol. The van der Waals surface area contributed by atoms with Crippen LogP contribution in [0.15, 0.2) is 23.6 Å². The number of aromatic nitrogens is 1. The van der Waals surface area contributed by atoms with Crippen LogP contribution in [0.5, 0.6) is 0 Å². The van der Waals surface area contributed by atoms with Gasteiger partial charge in [-0.1, -0.05) is 12.1 Å². The third kappa shape index (κ3) is 0.883. The summed E-state index contributed by atoms with van der Waals surface area (Å²) in [7, 11) is 0. The molecule has 11 heavy (non-hydrogen) atoms. The summed E-state index contributed by atoms with van der Waals surface area (Å²) in [4.78, 5) is 0. The van der Waals surface area contributed by atoms with E-state index in [2.05, 4.69) is 10.4 Å². The van der Waals surface area contributed by atoms with Gasteiger partial charge < -0.3 is 0 Å². The van der Waals surface area contributed by atoms with Gasteiger partial charge in [-0.15, -0.1) is 0 Å². The van der Waals surface area contributed by atoms with Crippen LogP contribution in [0.3, 0.4) is 0 Å². The predicted octanol–water partition coefficient (Wildman–Crippen LogP) is 2.17. The molecule has 1 aromatic heterocycles. The summed E-state index contributed by atoms with van der Waals surface area (Å²) in [5, 5.41) is 11.7. The number of nitriles is 1. The average Bonchev–Trinajstić information content (AvgIpc) is 2.50. The van der Waals surface area contributed by atoms with Gasteiger partial charge in [-0.2, -0.15) is 9.64 Å². The van der Waals surface area contributed by atoms with Gasteiger partial charge in [0.15, 0.2) is 0 Å². The molecule has 2 nitrogen and oxygen atoms in total. The van der Waals surface area contributed by atoms with Gasteiger partial charge in [0.1, 0.15) is 11.6 Å². The van der Waals surface area contributed by atoms with Gasteiger partial charge >= 0.3 is 0 Å². The van der Waals surface area contributed by atoms with Gasteiger partial charge in [-0.05, 0) is 17.6 Å². The van der Waals surface area contributed by atoms with Crippen LogP contribution in [-0.2, 0) is 0 Å². The zero-order valence-corrected chi connectivity index (χ0v) is 6.43. The van der Waals surface area contributed by atoms with E-state index in [0.29, 0.717) is 5.56 Å². The number of rotatable bonds is 0. The molecule has 0 bridgehead atoms. The Bertz CT molecular complexity index is 425. The van der Waals surface area contributed by atoms with Crippen LogP contribution in [-0.4, -0.2) is 4.37 Å². The van der Waals surface area contributed by atoms with Crippen LogP contribution in [0.25, 0.3) is 10.9 Å². The molecule has 0 atom stereocenters. The van der Waals surface area contributed by atoms with Crippen LogP contribution < -0.4 is 0 Å². The maximum absolute atomic E-state index is 8.67. The molecular formula is C8H4N2S. The number of nitrogens with zero attached hydrogens (tertiary/aromatic N) is 2. The van der Waals surface area contributed by atoms with E-state index in [1.165, 1.54) is 11.5 Å². The number of fused-ring (bicyclic) bond motifs is 1. The quantitative estimate of drug-likeness (QED) is 0.592. The van der Waals surface area contributed by atoms with Gasteiger partial charge in [0.05, 0.1) is 5.56 Å². The SMILES string of the molecule is N#Cc1cccc2csnc12. The first-order chi connectivity index (χ1) is 5.42. The first-order valence-corrected chi connectivity index (χ1v) is 3.98. The lowest BCUT2D eigenvalue weighted by atomic mass is 10.2. The lowest BCUT2D eigenvalue weighted by Crippen LogP contribution is -1.74. The smallest absolute Gasteiger partial charge is 0.102 e. The van der Waals surface area contributed by atoms with Crippen LogP contribution in [0.2, 0.25) is 0 Å². The Morgan fingerprint density at radius 1 is 1.45 bits per heavy atom. The van der Waals surface area contributed by atoms with Crippen molar-refractivity contribution in [3.05, 3.63) is 29.1 Å². The van der Waals surface area contributed by atoms with Crippen LogP contribution in [0, 0.1) is 11.3 Å². The Kier molecular flexibility index (Phi) is 1.34. The molecule has 0 amide bonds. The Balaban J connectivity index is 2.92. The number of hydrogen-bond donors (Lipinski definition) is 0. The van der Waals surface area contributed by atoms with Gasteiger partial charge in [0.2, 0.25) is 0 Å². The third-order valence-corrected chi connectivity index (χ3v) is 2.16. The fourth-order valence-electron chi connectivity index (χ4n) is 0.984. The van der Waals surface area contributed by atoms with Crippen LogP contribution in [0.4, 0.5) is 0 Å². The fourth-order valence-corrected chi connectivity index (χ4v) is 1.65. The molecule has 0 unspecified atom stereocenters. The van der Waals surface area contributed by atoms with Gasteiger partial charge in [0, 0.05) is 10.8 Å². The second-order valence-electron chi connectivity index (χ2n) is 2.17. The molecule has 0 saturated carbocycles. The highest BCUT2D eigenvalue weighted by Crippen LogP contribution is 2.17. The minimum atomic E-state index is 0.656. The van der Waals surface area contributed by atoms with Crippen LogP contribution in [0.1, 0.15) is 5.56 Å². The second-order valence-corrected chi connectivity index (χ2v) is 2.80. The van der Waals surface area contributed by atoms with Crippen molar-refractivity contribution in [3.8, 4) is 6.07 Å². The molecule has 0 aliphatic rings. The zero-order valence-electron chi connectivity index (χ0n) is 5.61. The molecule has 2 aromatic rings. The average molecular weight is 160 g/mol. The normalized spacial score (nSPS) is 9.73. The lowest BCUT2D eigenvalue weighted by molar-refractivity contribution is 1.49. The van der Waals surface area contributed by atoms with Crippen LogP contribution >= 0.6 is 11.5 Å². The van der Waals surface area contributed by atoms with Crippen molar-refractivity contribution in [3.63, 3.8) is 0 Å². The predicted molar refractivity (Wildman–Crippen MR) is 44.3 cm³/mol. The van der Waals surface area contributed by atoms with E-state index < -0.39 is 0 Å². The summed E-state index contributed by atoms with van der Waals surface area (Å²) < 4.78 is 4.11. The van der Waals surface area contributed by atoms with E-state index in [1.54, 1.807) is 6.07 Å². The summed E-state index contributed by atoms with van der Waals surface area (Å²) in [6, 6.07) is 7.71. The molecule has 0 fully saturated rings. The summed E-state index contributed by atoms with van der Waals surface area (Å²) >= 11 is 1.38. The molecule has 0 aliphatic heterocycles. The van der Waals surface area contributed by atoms with Gasteiger partial charge in [-0.3, -0.25) is 0 Å². The van der Waals surface area contributed by atoms with Crippen molar-refractivity contribution in [2.24, 2.45) is 0 Å². The van der Waals surface area contributed by atoms with Crippen molar-refractivity contribution in [2.75, 3.05) is 0 Å². The Hall–Kier alpha value is -1.40. The molecule has 52 valence electrons. The highest BCUT2D eigenvalue weighted by Gasteiger charge is 2.00. The molecule has 1 heterocycles. The molecule has 0 aliphatic carbocycles. The largest absolute Gasteiger partial charge is 0.192 e. The van der Waals surface area contributed by atoms with E-state index in [1.807, 2.05) is 17.5 Å². The molecule has 2 rings (SSSR count). The number of benzene rings is 1. The molecule has 1 aromatic carbocycles. The molecule has 0 saturated heterocycles. The lowest BCUT2D eigenvalue weighted by Gasteiger charge is -1.87. The molecule has 0 spiro atoms. The van der Waals surface area contributed by atoms with Gasteiger partial charge in [-0.25, -0.2) is 0 Å². The van der Waals surface area contributed by atoms with Crippen molar-refractivity contribution >= 4 is 22.4 Å². The van der Waals surface area contributed by atoms with E-state index in [4.69, 9.17) is 5.26 Å². The van der Waals surface area contributed by atoms with Crippen molar-refractivity contribution in [2.45, 2.75) is 0 Å². The maximum atomic E-state index is 8.67. The first-order valence-electron chi connectivity index (χ1n) is 3.15. The fraction of sp³-hybridized carbons (Fsp3) is 0. The van der Waals surface area contributed by atoms with E-state index in [9.17, 15) is 0 Å². The summed E-state index contributed by atoms with van der Waals surface area (Å²) in [6.45, 7) is 0. The summed E-state index contributed by atoms with van der Waals surface area (Å²) in [5.41, 5.74) is 1.48. The van der Waals surface area contributed by atoms with E-state index in [0.717, 1.165) is 10.9 Å². The monoisotopic (exact) mass is 160 g/mol.